The molecule has 1 aromatic heterocycles. The van der Waals surface area contributed by atoms with Gasteiger partial charge in [-0.15, -0.1) is 0 Å². The number of aromatic nitrogens is 2. The molecule has 0 amide bonds. The van der Waals surface area contributed by atoms with Gasteiger partial charge in [-0.2, -0.15) is 0 Å². The molecular formula is C12H20N4O. The molecule has 1 fully saturated rings. The molecule has 17 heavy (non-hydrogen) atoms. The zero-order chi connectivity index (χ0) is 12.1. The lowest BCUT2D eigenvalue weighted by Crippen LogP contribution is -2.41. The molecule has 1 atom stereocenters. The maximum absolute atomic E-state index is 5.52. The fourth-order valence-electron chi connectivity index (χ4n) is 1.90. The second-order valence-corrected chi connectivity index (χ2v) is 4.32. The van der Waals surface area contributed by atoms with Crippen LogP contribution < -0.4 is 10.2 Å². The summed E-state index contributed by atoms with van der Waals surface area (Å²) in [5.41, 5.74) is 0. The number of morpholine rings is 1. The minimum Gasteiger partial charge on any atom is -0.375 e. The van der Waals surface area contributed by atoms with Crippen molar-refractivity contribution in [2.45, 2.75) is 26.4 Å². The van der Waals surface area contributed by atoms with Crippen LogP contribution in [0.3, 0.4) is 0 Å². The van der Waals surface area contributed by atoms with E-state index in [9.17, 15) is 0 Å². The highest BCUT2D eigenvalue weighted by Gasteiger charge is 2.18. The highest BCUT2D eigenvalue weighted by atomic mass is 16.5. The van der Waals surface area contributed by atoms with E-state index in [1.54, 1.807) is 6.33 Å². The minimum absolute atomic E-state index is 0.269. The summed E-state index contributed by atoms with van der Waals surface area (Å²) in [5.74, 6) is 1.88. The van der Waals surface area contributed by atoms with Gasteiger partial charge in [0.25, 0.3) is 0 Å². The summed E-state index contributed by atoms with van der Waals surface area (Å²) in [5, 5.41) is 3.28. The van der Waals surface area contributed by atoms with Crippen molar-refractivity contribution >= 4 is 11.6 Å². The van der Waals surface area contributed by atoms with Crippen LogP contribution in [0.4, 0.5) is 11.6 Å². The number of hydrogen-bond donors (Lipinski definition) is 1. The lowest BCUT2D eigenvalue weighted by atomic mass is 10.3. The summed E-state index contributed by atoms with van der Waals surface area (Å²) < 4.78 is 5.52. The first kappa shape index (κ1) is 12.1. The van der Waals surface area contributed by atoms with Gasteiger partial charge < -0.3 is 15.0 Å². The molecule has 0 aliphatic carbocycles. The molecule has 1 saturated heterocycles. The van der Waals surface area contributed by atoms with Crippen LogP contribution in [0.1, 0.15) is 20.3 Å². The van der Waals surface area contributed by atoms with Crippen molar-refractivity contribution < 1.29 is 4.74 Å². The summed E-state index contributed by atoms with van der Waals surface area (Å²) in [6.07, 6.45) is 2.98. The van der Waals surface area contributed by atoms with E-state index in [1.165, 1.54) is 0 Å². The van der Waals surface area contributed by atoms with Gasteiger partial charge in [0, 0.05) is 25.7 Å². The molecule has 94 valence electrons. The molecule has 0 radical (unpaired) electrons. The summed E-state index contributed by atoms with van der Waals surface area (Å²) in [7, 11) is 0. The fourth-order valence-corrected chi connectivity index (χ4v) is 1.90. The minimum atomic E-state index is 0.269. The van der Waals surface area contributed by atoms with E-state index in [-0.39, 0.29) is 6.10 Å². The van der Waals surface area contributed by atoms with Gasteiger partial charge in [-0.3, -0.25) is 0 Å². The van der Waals surface area contributed by atoms with Crippen LogP contribution in [0.15, 0.2) is 12.4 Å². The Labute approximate surface area is 102 Å². The first-order valence-electron chi connectivity index (χ1n) is 6.22. The topological polar surface area (TPSA) is 50.3 Å². The molecule has 2 heterocycles. The van der Waals surface area contributed by atoms with E-state index in [0.29, 0.717) is 0 Å². The van der Waals surface area contributed by atoms with E-state index in [1.807, 2.05) is 6.07 Å². The van der Waals surface area contributed by atoms with Crippen LogP contribution in [-0.2, 0) is 4.74 Å². The van der Waals surface area contributed by atoms with Gasteiger partial charge in [-0.25, -0.2) is 9.97 Å². The number of anilines is 2. The SMILES string of the molecule is CCCNc1cc(N2CCOC(C)C2)ncn1. The van der Waals surface area contributed by atoms with Gasteiger partial charge in [0.2, 0.25) is 0 Å². The molecule has 2 rings (SSSR count). The molecule has 0 saturated carbocycles. The number of hydrogen-bond acceptors (Lipinski definition) is 5. The zero-order valence-corrected chi connectivity index (χ0v) is 10.5. The highest BCUT2D eigenvalue weighted by Crippen LogP contribution is 2.17. The third-order valence-electron chi connectivity index (χ3n) is 2.77. The normalized spacial score (nSPS) is 20.4. The molecule has 5 nitrogen and oxygen atoms in total. The quantitative estimate of drug-likeness (QED) is 0.859. The Balaban J connectivity index is 2.04. The molecule has 5 heteroatoms. The van der Waals surface area contributed by atoms with Crippen molar-refractivity contribution in [2.24, 2.45) is 0 Å². The fraction of sp³-hybridized carbons (Fsp3) is 0.667. The van der Waals surface area contributed by atoms with Gasteiger partial charge in [-0.1, -0.05) is 6.92 Å². The Hall–Kier alpha value is -1.36. The molecule has 1 aromatic rings. The smallest absolute Gasteiger partial charge is 0.134 e. The van der Waals surface area contributed by atoms with E-state index >= 15 is 0 Å². The van der Waals surface area contributed by atoms with Crippen LogP contribution in [0.5, 0.6) is 0 Å². The van der Waals surface area contributed by atoms with Crippen LogP contribution in [0.25, 0.3) is 0 Å². The van der Waals surface area contributed by atoms with Gasteiger partial charge >= 0.3 is 0 Å². The Bertz CT molecular complexity index is 358. The van der Waals surface area contributed by atoms with E-state index in [0.717, 1.165) is 44.3 Å². The Morgan fingerprint density at radius 2 is 2.41 bits per heavy atom. The van der Waals surface area contributed by atoms with Gasteiger partial charge in [0.1, 0.15) is 18.0 Å². The Morgan fingerprint density at radius 3 is 3.18 bits per heavy atom. The molecule has 0 spiro atoms. The molecule has 0 aromatic carbocycles. The van der Waals surface area contributed by atoms with E-state index in [4.69, 9.17) is 4.74 Å². The van der Waals surface area contributed by atoms with Gasteiger partial charge in [-0.05, 0) is 13.3 Å². The summed E-state index contributed by atoms with van der Waals surface area (Å²) >= 11 is 0. The molecule has 1 aliphatic heterocycles. The maximum atomic E-state index is 5.52. The summed E-state index contributed by atoms with van der Waals surface area (Å²) in [6.45, 7) is 7.72. The maximum Gasteiger partial charge on any atom is 0.134 e. The van der Waals surface area contributed by atoms with Crippen LogP contribution >= 0.6 is 0 Å². The Kier molecular flexibility index (Phi) is 4.14. The van der Waals surface area contributed by atoms with E-state index < -0.39 is 0 Å². The van der Waals surface area contributed by atoms with Crippen molar-refractivity contribution in [1.82, 2.24) is 9.97 Å². The highest BCUT2D eigenvalue weighted by molar-refractivity contribution is 5.48. The molecule has 1 unspecified atom stereocenters. The molecule has 1 aliphatic rings. The Morgan fingerprint density at radius 1 is 1.53 bits per heavy atom. The molecule has 0 bridgehead atoms. The number of rotatable bonds is 4. The molecular weight excluding hydrogens is 216 g/mol. The van der Waals surface area contributed by atoms with Crippen molar-refractivity contribution in [1.29, 1.82) is 0 Å². The standard InChI is InChI=1S/C12H20N4O/c1-3-4-13-11-7-12(15-9-14-11)16-5-6-17-10(2)8-16/h7,9-10H,3-6,8H2,1-2H3,(H,13,14,15). The summed E-state index contributed by atoms with van der Waals surface area (Å²) in [4.78, 5) is 10.8. The van der Waals surface area contributed by atoms with Crippen LogP contribution in [0.2, 0.25) is 0 Å². The van der Waals surface area contributed by atoms with Crippen LogP contribution in [0, 0.1) is 0 Å². The number of nitrogens with one attached hydrogen (secondary N) is 1. The average Bonchev–Trinajstić information content (AvgIpc) is 2.37. The number of ether oxygens (including phenoxy) is 1. The largest absolute Gasteiger partial charge is 0.375 e. The van der Waals surface area contributed by atoms with Crippen LogP contribution in [-0.4, -0.2) is 42.3 Å². The summed E-state index contributed by atoms with van der Waals surface area (Å²) in [6, 6.07) is 2.01. The third-order valence-corrected chi connectivity index (χ3v) is 2.77. The monoisotopic (exact) mass is 236 g/mol. The predicted octanol–water partition coefficient (Wildman–Crippen LogP) is 1.52. The molecule has 1 N–H and O–H groups in total. The second kappa shape index (κ2) is 5.82. The van der Waals surface area contributed by atoms with Crippen molar-refractivity contribution in [3.63, 3.8) is 0 Å². The van der Waals surface area contributed by atoms with Crippen molar-refractivity contribution in [3.05, 3.63) is 12.4 Å². The third kappa shape index (κ3) is 3.30. The van der Waals surface area contributed by atoms with E-state index in [2.05, 4.69) is 34.0 Å². The second-order valence-electron chi connectivity index (χ2n) is 4.32. The lowest BCUT2D eigenvalue weighted by Gasteiger charge is -2.32. The zero-order valence-electron chi connectivity index (χ0n) is 10.5. The van der Waals surface area contributed by atoms with Gasteiger partial charge in [0.15, 0.2) is 0 Å². The number of nitrogens with zero attached hydrogens (tertiary/aromatic N) is 3. The predicted molar refractivity (Wildman–Crippen MR) is 68.4 cm³/mol. The average molecular weight is 236 g/mol. The van der Waals surface area contributed by atoms with Gasteiger partial charge in [0.05, 0.1) is 12.7 Å². The van der Waals surface area contributed by atoms with Crippen molar-refractivity contribution in [3.8, 4) is 0 Å². The lowest BCUT2D eigenvalue weighted by molar-refractivity contribution is 0.0529. The van der Waals surface area contributed by atoms with Crippen molar-refractivity contribution in [2.75, 3.05) is 36.5 Å². The first-order chi connectivity index (χ1) is 8.29. The first-order valence-corrected chi connectivity index (χ1v) is 6.22.